The third-order valence-electron chi connectivity index (χ3n) is 3.36. The van der Waals surface area contributed by atoms with Crippen LogP contribution in [0.1, 0.15) is 70.8 Å². The summed E-state index contributed by atoms with van der Waals surface area (Å²) in [5, 5.41) is 2.33. The molecule has 1 heterocycles. The van der Waals surface area contributed by atoms with Gasteiger partial charge in [-0.3, -0.25) is 0 Å². The molecule has 0 N–H and O–H groups in total. The van der Waals surface area contributed by atoms with E-state index in [0.29, 0.717) is 0 Å². The Bertz CT molecular complexity index is 293. The Kier molecular flexibility index (Phi) is 10.4. The third-order valence-corrected chi connectivity index (χ3v) is 9.67. The molecule has 0 spiro atoms. The molecule has 0 aliphatic rings. The summed E-state index contributed by atoms with van der Waals surface area (Å²) in [6, 6.07) is 2.40. The number of thiophene rings is 1. The van der Waals surface area contributed by atoms with Gasteiger partial charge in [0.15, 0.2) is 0 Å². The van der Waals surface area contributed by atoms with Crippen LogP contribution >= 0.6 is 11.3 Å². The molecule has 0 fully saturated rings. The molecule has 0 aliphatic heterocycles. The predicted molar refractivity (Wildman–Crippen MR) is 86.5 cm³/mol. The van der Waals surface area contributed by atoms with E-state index in [9.17, 15) is 0 Å². The molecule has 2 radical (unpaired) electrons. The number of rotatable bonds is 11. The summed E-state index contributed by atoms with van der Waals surface area (Å²) < 4.78 is 3.38. The van der Waals surface area contributed by atoms with Gasteiger partial charge in [0, 0.05) is 0 Å². The van der Waals surface area contributed by atoms with Gasteiger partial charge in [-0.2, -0.15) is 0 Å². The van der Waals surface area contributed by atoms with Crippen molar-refractivity contribution in [2.45, 2.75) is 76.1 Å². The van der Waals surface area contributed by atoms with Gasteiger partial charge in [-0.05, 0) is 0 Å². The van der Waals surface area contributed by atoms with E-state index in [4.69, 9.17) is 0 Å². The van der Waals surface area contributed by atoms with Gasteiger partial charge in [0.1, 0.15) is 0 Å². The minimum atomic E-state index is -0.219. The Hall–Kier alpha value is 0.499. The molecular formula is C16H28SSn. The molecule has 0 aliphatic carbocycles. The fourth-order valence-electron chi connectivity index (χ4n) is 2.16. The van der Waals surface area contributed by atoms with Crippen LogP contribution in [0.3, 0.4) is 0 Å². The number of unbranched alkanes of at least 4 members (excludes halogenated alkanes) is 6. The first kappa shape index (κ1) is 16.6. The summed E-state index contributed by atoms with van der Waals surface area (Å²) in [5.41, 5.74) is 1.72. The van der Waals surface area contributed by atoms with E-state index in [2.05, 4.69) is 25.3 Å². The van der Waals surface area contributed by atoms with E-state index < -0.39 is 0 Å². The van der Waals surface area contributed by atoms with Crippen LogP contribution in [0, 0.1) is 0 Å². The molecule has 0 saturated heterocycles. The maximum atomic E-state index is 2.40. The number of aryl methyl sites for hydroxylation is 1. The molecule has 0 aromatic carbocycles. The van der Waals surface area contributed by atoms with Crippen LogP contribution in [0.25, 0.3) is 0 Å². The molecular weight excluding hydrogens is 343 g/mol. The van der Waals surface area contributed by atoms with Gasteiger partial charge in [-0.15, -0.1) is 0 Å². The number of hydrogen-bond acceptors (Lipinski definition) is 1. The average Bonchev–Trinajstić information content (AvgIpc) is 2.82. The second-order valence-electron chi connectivity index (χ2n) is 5.07. The van der Waals surface area contributed by atoms with Crippen molar-refractivity contribution in [3.63, 3.8) is 0 Å². The topological polar surface area (TPSA) is 0 Å². The van der Waals surface area contributed by atoms with Gasteiger partial charge < -0.3 is 0 Å². The molecule has 0 nitrogen and oxygen atoms in total. The van der Waals surface area contributed by atoms with Crippen LogP contribution in [-0.2, 0) is 6.42 Å². The third kappa shape index (κ3) is 7.18. The first-order valence-corrected chi connectivity index (χ1v) is 12.0. The summed E-state index contributed by atoms with van der Waals surface area (Å²) >= 11 is 1.83. The fourth-order valence-corrected chi connectivity index (χ4v) is 8.32. The van der Waals surface area contributed by atoms with Crippen molar-refractivity contribution >= 4 is 35.4 Å². The van der Waals surface area contributed by atoms with Gasteiger partial charge in [0.05, 0.1) is 0 Å². The van der Waals surface area contributed by atoms with Gasteiger partial charge in [-0.25, -0.2) is 0 Å². The average molecular weight is 371 g/mol. The van der Waals surface area contributed by atoms with Crippen molar-refractivity contribution in [2.75, 3.05) is 0 Å². The van der Waals surface area contributed by atoms with Crippen molar-refractivity contribution in [1.29, 1.82) is 0 Å². The first-order valence-electron chi connectivity index (χ1n) is 7.68. The zero-order chi connectivity index (χ0) is 13.1. The van der Waals surface area contributed by atoms with E-state index >= 15 is 0 Å². The Labute approximate surface area is 128 Å². The van der Waals surface area contributed by atoms with E-state index in [0.717, 1.165) is 0 Å². The monoisotopic (exact) mass is 372 g/mol. The quantitative estimate of drug-likeness (QED) is 0.371. The SMILES string of the molecule is CCCCCCCCc1ccs[c]1[Sn][CH2]CCC. The van der Waals surface area contributed by atoms with Crippen LogP contribution in [0.5, 0.6) is 0 Å². The second-order valence-corrected chi connectivity index (χ2v) is 10.9. The van der Waals surface area contributed by atoms with Gasteiger partial charge >= 0.3 is 128 Å². The van der Waals surface area contributed by atoms with Gasteiger partial charge in [-0.1, -0.05) is 0 Å². The molecule has 2 heteroatoms. The van der Waals surface area contributed by atoms with E-state index in [-0.39, 0.29) is 21.1 Å². The minimum absolute atomic E-state index is 0.219. The Morgan fingerprint density at radius 3 is 2.44 bits per heavy atom. The molecule has 18 heavy (non-hydrogen) atoms. The summed E-state index contributed by atoms with van der Waals surface area (Å²) in [7, 11) is 0. The molecule has 1 rings (SSSR count). The van der Waals surface area contributed by atoms with Crippen molar-refractivity contribution in [3.05, 3.63) is 17.0 Å². The zero-order valence-corrected chi connectivity index (χ0v) is 15.8. The molecule has 102 valence electrons. The Balaban J connectivity index is 2.15. The first-order chi connectivity index (χ1) is 8.88. The second kappa shape index (κ2) is 11.3. The van der Waals surface area contributed by atoms with Gasteiger partial charge in [0.25, 0.3) is 0 Å². The molecule has 1 aromatic heterocycles. The van der Waals surface area contributed by atoms with Crippen LogP contribution in [-0.4, -0.2) is 21.1 Å². The molecule has 1 aromatic rings. The standard InChI is InChI=1S/C12H19S.C4H9.Sn/c1-2-3-4-5-6-7-8-12-9-10-13-11-12;1-3-4-2;/h9-10H,2-8H2,1H3;1,3-4H2,2H3;. The molecule has 0 atom stereocenters. The summed E-state index contributed by atoms with van der Waals surface area (Å²) in [6.45, 7) is 4.60. The summed E-state index contributed by atoms with van der Waals surface area (Å²) in [4.78, 5) is 0. The van der Waals surface area contributed by atoms with Crippen molar-refractivity contribution in [1.82, 2.24) is 0 Å². The van der Waals surface area contributed by atoms with Crippen LogP contribution in [0.4, 0.5) is 0 Å². The van der Waals surface area contributed by atoms with Crippen molar-refractivity contribution in [2.24, 2.45) is 0 Å². The predicted octanol–water partition coefficient (Wildman–Crippen LogP) is 5.20. The van der Waals surface area contributed by atoms with Crippen LogP contribution in [0.2, 0.25) is 4.44 Å². The molecule has 0 bridgehead atoms. The summed E-state index contributed by atoms with van der Waals surface area (Å²) in [6.07, 6.45) is 12.7. The maximum absolute atomic E-state index is 2.40. The van der Waals surface area contributed by atoms with E-state index in [1.165, 1.54) is 57.8 Å². The van der Waals surface area contributed by atoms with Crippen LogP contribution in [0.15, 0.2) is 11.4 Å². The van der Waals surface area contributed by atoms with Gasteiger partial charge in [0.2, 0.25) is 0 Å². The fraction of sp³-hybridized carbons (Fsp3) is 0.750. The van der Waals surface area contributed by atoms with Crippen LogP contribution < -0.4 is 2.89 Å². The summed E-state index contributed by atoms with van der Waals surface area (Å²) in [5.74, 6) is 0. The van der Waals surface area contributed by atoms with E-state index in [1.807, 2.05) is 14.2 Å². The van der Waals surface area contributed by atoms with Crippen molar-refractivity contribution in [3.8, 4) is 0 Å². The molecule has 0 amide bonds. The number of hydrogen-bond donors (Lipinski definition) is 0. The molecule has 0 saturated carbocycles. The Morgan fingerprint density at radius 2 is 1.67 bits per heavy atom. The van der Waals surface area contributed by atoms with Crippen molar-refractivity contribution < 1.29 is 0 Å². The molecule has 0 unspecified atom stereocenters. The Morgan fingerprint density at radius 1 is 0.944 bits per heavy atom. The van der Waals surface area contributed by atoms with E-state index in [1.54, 1.807) is 10.0 Å². The zero-order valence-electron chi connectivity index (χ0n) is 12.1. The normalized spacial score (nSPS) is 11.0.